The van der Waals surface area contributed by atoms with Crippen molar-refractivity contribution >= 4 is 26.0 Å². The highest BCUT2D eigenvalue weighted by Crippen LogP contribution is 2.14. The summed E-state index contributed by atoms with van der Waals surface area (Å²) in [6.07, 6.45) is 1.08. The van der Waals surface area contributed by atoms with Gasteiger partial charge in [0, 0.05) is 10.7 Å². The first-order valence-corrected chi connectivity index (χ1v) is 8.06. The molecule has 0 spiro atoms. The van der Waals surface area contributed by atoms with Crippen LogP contribution in [0.15, 0.2) is 56.4 Å². The molecule has 0 saturated heterocycles. The van der Waals surface area contributed by atoms with E-state index in [1.165, 1.54) is 24.3 Å². The molecule has 4 nitrogen and oxygen atoms in total. The van der Waals surface area contributed by atoms with E-state index in [4.69, 9.17) is 0 Å². The topological polar surface area (TPSA) is 51.4 Å². The molecule has 1 aromatic carbocycles. The Hall–Kier alpha value is -1.54. The minimum absolute atomic E-state index is 0.0446. The van der Waals surface area contributed by atoms with E-state index in [0.29, 0.717) is 9.04 Å². The highest BCUT2D eigenvalue weighted by atomic mass is 79.9. The molecule has 8 heteroatoms. The van der Waals surface area contributed by atoms with Gasteiger partial charge in [0.2, 0.25) is 0 Å². The van der Waals surface area contributed by atoms with E-state index in [2.05, 4.69) is 20.3 Å². The third kappa shape index (κ3) is 3.76. The standard InChI is InChI=1S/C13H11BrF2N2O2S/c1-9-2-5-11(6-3-9)21(19,20)17-12-7-4-10(14)8-18(12)13(15)16/h2-8,13H,1H3/b17-12+. The minimum atomic E-state index is -4.04. The first-order valence-electron chi connectivity index (χ1n) is 5.83. The fraction of sp³-hybridized carbons (Fsp3) is 0.154. The number of hydrogen-bond acceptors (Lipinski definition) is 2. The number of benzene rings is 1. The maximum atomic E-state index is 12.9. The summed E-state index contributed by atoms with van der Waals surface area (Å²) in [6.45, 7) is -1.08. The first kappa shape index (κ1) is 15.8. The van der Waals surface area contributed by atoms with Gasteiger partial charge in [0.1, 0.15) is 5.49 Å². The van der Waals surface area contributed by atoms with Crippen molar-refractivity contribution in [3.05, 3.63) is 58.1 Å². The number of nitrogens with zero attached hydrogens (tertiary/aromatic N) is 2. The van der Waals surface area contributed by atoms with Crippen molar-refractivity contribution < 1.29 is 17.2 Å². The molecule has 0 amide bonds. The number of alkyl halides is 2. The van der Waals surface area contributed by atoms with Crippen LogP contribution in [-0.4, -0.2) is 13.0 Å². The van der Waals surface area contributed by atoms with Crippen LogP contribution in [0, 0.1) is 6.92 Å². The van der Waals surface area contributed by atoms with Crippen molar-refractivity contribution in [1.29, 1.82) is 0 Å². The second-order valence-electron chi connectivity index (χ2n) is 4.27. The molecule has 112 valence electrons. The molecule has 1 aromatic heterocycles. The van der Waals surface area contributed by atoms with Gasteiger partial charge in [-0.2, -0.15) is 17.2 Å². The number of rotatable bonds is 3. The maximum absolute atomic E-state index is 12.9. The molecule has 1 heterocycles. The van der Waals surface area contributed by atoms with Crippen LogP contribution in [0.5, 0.6) is 0 Å². The summed E-state index contributed by atoms with van der Waals surface area (Å²) >= 11 is 3.05. The molecule has 21 heavy (non-hydrogen) atoms. The summed E-state index contributed by atoms with van der Waals surface area (Å²) in [5.74, 6) is 0. The summed E-state index contributed by atoms with van der Waals surface area (Å²) in [6, 6.07) is 8.67. The second kappa shape index (κ2) is 6.07. The van der Waals surface area contributed by atoms with E-state index in [1.807, 2.05) is 6.92 Å². The van der Waals surface area contributed by atoms with E-state index >= 15 is 0 Å². The van der Waals surface area contributed by atoms with Crippen LogP contribution in [0.4, 0.5) is 8.78 Å². The van der Waals surface area contributed by atoms with Crippen molar-refractivity contribution in [2.24, 2.45) is 4.40 Å². The average Bonchev–Trinajstić information content (AvgIpc) is 2.41. The lowest BCUT2D eigenvalue weighted by molar-refractivity contribution is 0.0655. The van der Waals surface area contributed by atoms with Crippen molar-refractivity contribution in [1.82, 2.24) is 4.57 Å². The average molecular weight is 377 g/mol. The molecule has 0 aliphatic rings. The molecule has 0 aliphatic heterocycles. The van der Waals surface area contributed by atoms with Crippen molar-refractivity contribution in [2.45, 2.75) is 18.4 Å². The molecular weight excluding hydrogens is 366 g/mol. The Morgan fingerprint density at radius 2 is 1.76 bits per heavy atom. The lowest BCUT2D eigenvalue weighted by Crippen LogP contribution is -2.22. The van der Waals surface area contributed by atoms with Crippen molar-refractivity contribution in [3.63, 3.8) is 0 Å². The van der Waals surface area contributed by atoms with Gasteiger partial charge in [-0.15, -0.1) is 4.40 Å². The number of halogens is 3. The Morgan fingerprint density at radius 1 is 1.14 bits per heavy atom. The molecule has 2 aromatic rings. The SMILES string of the molecule is Cc1ccc(S(=O)(=O)/N=c2\ccc(Br)cn2C(F)F)cc1. The molecule has 0 saturated carbocycles. The minimum Gasteiger partial charge on any atom is -0.274 e. The van der Waals surface area contributed by atoms with Crippen LogP contribution in [0.25, 0.3) is 0 Å². The zero-order valence-corrected chi connectivity index (χ0v) is 13.3. The predicted octanol–water partition coefficient (Wildman–Crippen LogP) is 3.24. The number of aryl methyl sites for hydroxylation is 1. The van der Waals surface area contributed by atoms with Gasteiger partial charge in [-0.3, -0.25) is 4.57 Å². The highest BCUT2D eigenvalue weighted by molar-refractivity contribution is 9.10. The second-order valence-corrected chi connectivity index (χ2v) is 6.79. The molecule has 0 atom stereocenters. The van der Waals surface area contributed by atoms with Gasteiger partial charge in [-0.25, -0.2) is 0 Å². The summed E-state index contributed by atoms with van der Waals surface area (Å²) in [5.41, 5.74) is 0.550. The lowest BCUT2D eigenvalue weighted by Gasteiger charge is -2.06. The van der Waals surface area contributed by atoms with Crippen LogP contribution in [-0.2, 0) is 10.0 Å². The zero-order valence-electron chi connectivity index (χ0n) is 10.9. The molecule has 0 fully saturated rings. The van der Waals surface area contributed by atoms with E-state index in [0.717, 1.165) is 11.8 Å². The van der Waals surface area contributed by atoms with Crippen LogP contribution in [0.2, 0.25) is 0 Å². The van der Waals surface area contributed by atoms with Gasteiger partial charge < -0.3 is 0 Å². The molecule has 0 aliphatic carbocycles. The Morgan fingerprint density at radius 3 is 2.33 bits per heavy atom. The third-order valence-corrected chi connectivity index (χ3v) is 4.43. The molecule has 0 bridgehead atoms. The summed E-state index contributed by atoms with van der Waals surface area (Å²) in [7, 11) is -4.04. The van der Waals surface area contributed by atoms with Crippen LogP contribution >= 0.6 is 15.9 Å². The zero-order chi connectivity index (χ0) is 15.6. The molecule has 0 N–H and O–H groups in total. The van der Waals surface area contributed by atoms with Gasteiger partial charge in [0.25, 0.3) is 10.0 Å². The Balaban J connectivity index is 2.60. The van der Waals surface area contributed by atoms with Crippen LogP contribution < -0.4 is 5.49 Å². The summed E-state index contributed by atoms with van der Waals surface area (Å²) in [4.78, 5) is -0.0446. The van der Waals surface area contributed by atoms with E-state index < -0.39 is 16.6 Å². The molecular formula is C13H11BrF2N2O2S. The number of hydrogen-bond donors (Lipinski definition) is 0. The summed E-state index contributed by atoms with van der Waals surface area (Å²) in [5, 5.41) is 0. The Bertz CT molecular complexity index is 815. The largest absolute Gasteiger partial charge is 0.320 e. The number of pyridine rings is 1. The fourth-order valence-corrected chi connectivity index (χ4v) is 2.94. The highest BCUT2D eigenvalue weighted by Gasteiger charge is 2.14. The van der Waals surface area contributed by atoms with E-state index in [9.17, 15) is 17.2 Å². The Kier molecular flexibility index (Phi) is 4.58. The van der Waals surface area contributed by atoms with Crippen LogP contribution in [0.1, 0.15) is 12.1 Å². The normalized spacial score (nSPS) is 12.9. The van der Waals surface area contributed by atoms with Gasteiger partial charge in [0.05, 0.1) is 4.90 Å². The smallest absolute Gasteiger partial charge is 0.274 e. The number of aromatic nitrogens is 1. The molecule has 2 rings (SSSR count). The first-order chi connectivity index (χ1) is 9.79. The fourth-order valence-electron chi connectivity index (χ4n) is 1.60. The maximum Gasteiger partial charge on any atom is 0.320 e. The van der Waals surface area contributed by atoms with Crippen molar-refractivity contribution in [2.75, 3.05) is 0 Å². The molecule has 0 unspecified atom stereocenters. The lowest BCUT2D eigenvalue weighted by atomic mass is 10.2. The third-order valence-electron chi connectivity index (χ3n) is 2.66. The summed E-state index contributed by atoms with van der Waals surface area (Å²) < 4.78 is 54.5. The Labute approximate surface area is 129 Å². The monoisotopic (exact) mass is 376 g/mol. The van der Waals surface area contributed by atoms with Gasteiger partial charge in [-0.1, -0.05) is 17.7 Å². The van der Waals surface area contributed by atoms with E-state index in [1.54, 1.807) is 12.1 Å². The van der Waals surface area contributed by atoms with Gasteiger partial charge in [0.15, 0.2) is 0 Å². The quantitative estimate of drug-likeness (QED) is 0.825. The van der Waals surface area contributed by atoms with Crippen LogP contribution in [0.3, 0.4) is 0 Å². The molecule has 0 radical (unpaired) electrons. The predicted molar refractivity (Wildman–Crippen MR) is 77.3 cm³/mol. The van der Waals surface area contributed by atoms with Crippen molar-refractivity contribution in [3.8, 4) is 0 Å². The van der Waals surface area contributed by atoms with Gasteiger partial charge in [-0.05, 0) is 47.1 Å². The van der Waals surface area contributed by atoms with Gasteiger partial charge >= 0.3 is 6.55 Å². The number of sulfonamides is 1. The van der Waals surface area contributed by atoms with E-state index in [-0.39, 0.29) is 10.4 Å².